The lowest BCUT2D eigenvalue weighted by atomic mass is 9.68. The highest BCUT2D eigenvalue weighted by Gasteiger charge is 2.94. The lowest BCUT2D eigenvalue weighted by molar-refractivity contribution is -0.144. The Morgan fingerprint density at radius 1 is 0.329 bits per heavy atom. The van der Waals surface area contributed by atoms with Crippen molar-refractivity contribution in [1.29, 1.82) is 0 Å². The first-order valence-corrected chi connectivity index (χ1v) is 30.9. The SMILES string of the molecule is CN(C)CCN(C)CCOC(=O)CCCC1(c2ccccc2)C23c4c5c6c7c8c9c(c%10c%11c2c2c4c4c%12c5c5c6c6c8c8c%13c9c9c%10c%10c%11c%11c2c2c4c4c%12c%12c5c5c6c8c6c8c%13c9c9c%10c%10c%11c2c2c4c4c%12c5c6c5c8c9c%10c2c45)C713. The third-order valence-electron chi connectivity index (χ3n) is 28.4. The molecule has 362 valence electrons. The van der Waals surface area contributed by atoms with Gasteiger partial charge < -0.3 is 14.5 Å². The second-order valence-corrected chi connectivity index (χ2v) is 29.7. The minimum Gasteiger partial charge on any atom is -0.464 e. The molecule has 5 aliphatic rings. The molecule has 0 unspecified atom stereocenters. The van der Waals surface area contributed by atoms with Crippen LogP contribution in [0.25, 0.3) is 291 Å². The van der Waals surface area contributed by atoms with E-state index >= 15 is 0 Å². The first-order valence-electron chi connectivity index (χ1n) is 30.9. The van der Waals surface area contributed by atoms with E-state index in [1.165, 1.54) is 5.56 Å². The van der Waals surface area contributed by atoms with Gasteiger partial charge in [-0.1, -0.05) is 30.3 Å². The van der Waals surface area contributed by atoms with Crippen LogP contribution in [-0.2, 0) is 25.8 Å². The quantitative estimate of drug-likeness (QED) is 0.0955. The van der Waals surface area contributed by atoms with Crippen molar-refractivity contribution in [2.24, 2.45) is 0 Å². The summed E-state index contributed by atoms with van der Waals surface area (Å²) in [4.78, 5) is 19.0. The summed E-state index contributed by atoms with van der Waals surface area (Å²) in [5, 5.41) is 88.4. The van der Waals surface area contributed by atoms with Gasteiger partial charge in [0.2, 0.25) is 0 Å². The van der Waals surface area contributed by atoms with E-state index in [0.29, 0.717) is 13.0 Å². The zero-order valence-electron chi connectivity index (χ0n) is 44.0. The summed E-state index contributed by atoms with van der Waals surface area (Å²) in [6, 6.07) is 12.2. The Morgan fingerprint density at radius 2 is 0.573 bits per heavy atom. The van der Waals surface area contributed by atoms with Crippen LogP contribution in [0.1, 0.15) is 47.1 Å². The lowest BCUT2D eigenvalue weighted by Gasteiger charge is -2.32. The summed E-state index contributed by atoms with van der Waals surface area (Å²) < 4.78 is 6.28. The molecule has 4 heteroatoms. The van der Waals surface area contributed by atoms with Crippen LogP contribution in [0.15, 0.2) is 30.3 Å². The molecular weight excluding hydrogens is 997 g/mol. The Labute approximate surface area is 454 Å². The zero-order valence-corrected chi connectivity index (χ0v) is 44.0. The number of nitrogens with zero attached hydrogens (tertiary/aromatic N) is 2. The van der Waals surface area contributed by atoms with Gasteiger partial charge in [0.1, 0.15) is 6.61 Å². The lowest BCUT2D eigenvalue weighted by Crippen LogP contribution is -2.31. The van der Waals surface area contributed by atoms with E-state index in [-0.39, 0.29) is 22.2 Å². The Balaban J connectivity index is 0.907. The molecule has 1 saturated carbocycles. The molecule has 0 aromatic heterocycles. The molecule has 0 atom stereocenters. The maximum Gasteiger partial charge on any atom is 0.305 e. The van der Waals surface area contributed by atoms with Gasteiger partial charge >= 0.3 is 5.97 Å². The van der Waals surface area contributed by atoms with Gasteiger partial charge in [-0.15, -0.1) is 0 Å². The van der Waals surface area contributed by atoms with Crippen molar-refractivity contribution >= 4 is 297 Å². The van der Waals surface area contributed by atoms with Crippen molar-refractivity contribution in [3.05, 3.63) is 58.1 Å². The van der Waals surface area contributed by atoms with Crippen LogP contribution >= 0.6 is 0 Å². The van der Waals surface area contributed by atoms with Crippen LogP contribution in [-0.4, -0.2) is 63.2 Å². The number of ether oxygens (including phenoxy) is 1. The third kappa shape index (κ3) is 2.05. The number of rotatable bonds is 11. The normalized spacial score (nSPS) is 22.6. The van der Waals surface area contributed by atoms with Crippen LogP contribution in [0, 0.1) is 0 Å². The monoisotopic (exact) mass is 1020 g/mol. The number of esters is 1. The average molecular weight is 1030 g/mol. The fraction of sp³-hybridized carbons (Fsp3) is 0.167. The van der Waals surface area contributed by atoms with Gasteiger partial charge in [-0.3, -0.25) is 4.79 Å². The fourth-order valence-electron chi connectivity index (χ4n) is 27.8. The Kier molecular flexibility index (Phi) is 3.53. The molecule has 0 amide bonds. The second-order valence-electron chi connectivity index (χ2n) is 29.7. The maximum absolute atomic E-state index is 14.5. The van der Waals surface area contributed by atoms with E-state index in [0.717, 1.165) is 32.5 Å². The molecule has 5 aliphatic carbocycles. The van der Waals surface area contributed by atoms with E-state index in [1.54, 1.807) is 313 Å². The summed E-state index contributed by atoms with van der Waals surface area (Å²) >= 11 is 0. The Bertz CT molecular complexity index is 7180. The predicted molar refractivity (Wildman–Crippen MR) is 343 cm³/mol. The van der Waals surface area contributed by atoms with Crippen molar-refractivity contribution < 1.29 is 9.53 Å². The molecule has 0 N–H and O–H groups in total. The summed E-state index contributed by atoms with van der Waals surface area (Å²) in [7, 11) is 6.41. The highest BCUT2D eigenvalue weighted by atomic mass is 16.5. The first kappa shape index (κ1) is 34.4. The second kappa shape index (κ2) is 8.41. The Hall–Kier alpha value is -8.93. The minimum atomic E-state index is -0.369. The van der Waals surface area contributed by atoms with Gasteiger partial charge in [-0.25, -0.2) is 0 Å². The van der Waals surface area contributed by atoms with Gasteiger partial charge in [-0.05, 0) is 353 Å². The van der Waals surface area contributed by atoms with Crippen LogP contribution in [0.5, 0.6) is 0 Å². The number of hydrogen-bond acceptors (Lipinski definition) is 4. The van der Waals surface area contributed by atoms with Gasteiger partial charge in [-0.2, -0.15) is 0 Å². The summed E-state index contributed by atoms with van der Waals surface area (Å²) in [6.45, 7) is 3.12. The standard InChI is InChI=1S/C78H28N2O2/c1-79(2)12-13-80(3)14-15-82-17(81)10-7-11-76(16-8-5-4-6-9-16)77-72-64-56-46-36-28-20-18-19-22-26-24(20)32-40-34(26)44-38-30(22)31-23(19)27-25-21(18)29(28)37-43-33(25)41-35(27)45-39(31)49-48(38)58-52(44)62-54(40)60(50(56)42(32)36)68(72)70(62)74-66(58)67-59(49)53(45)63-55(41)61-51(43)57(47(37)46)65(64)73(77)69(61)71(63)75(67)78(74,76)77/h4-6,8-9H,7,10-15H2,1-3H3. The van der Waals surface area contributed by atoms with Crippen LogP contribution in [0.4, 0.5) is 0 Å². The maximum atomic E-state index is 14.5. The highest BCUT2D eigenvalue weighted by Crippen LogP contribution is 2.97. The molecule has 29 aromatic carbocycles. The summed E-state index contributed by atoms with van der Waals surface area (Å²) in [6.07, 6.45) is 2.14. The van der Waals surface area contributed by atoms with Crippen LogP contribution in [0.2, 0.25) is 0 Å². The van der Waals surface area contributed by atoms with E-state index in [2.05, 4.69) is 61.3 Å². The summed E-state index contributed by atoms with van der Waals surface area (Å²) in [5.41, 5.74) is 7.25. The molecule has 0 aliphatic heterocycles. The molecule has 0 radical (unpaired) electrons. The smallest absolute Gasteiger partial charge is 0.305 e. The number of carbonyl (C=O) groups is 1. The first-order chi connectivity index (χ1) is 40.5. The number of carbonyl (C=O) groups excluding carboxylic acids is 1. The molecule has 0 saturated heterocycles. The van der Waals surface area contributed by atoms with Gasteiger partial charge in [0.05, 0.1) is 0 Å². The molecule has 0 bridgehead atoms. The molecule has 1 fully saturated rings. The van der Waals surface area contributed by atoms with Crippen LogP contribution < -0.4 is 0 Å². The van der Waals surface area contributed by atoms with E-state index < -0.39 is 0 Å². The minimum absolute atomic E-state index is 0.0418. The summed E-state index contributed by atoms with van der Waals surface area (Å²) in [5.74, 6) is -0.0418. The highest BCUT2D eigenvalue weighted by molar-refractivity contribution is 6.82. The molecule has 29 aromatic rings. The number of benzene rings is 19. The average Bonchev–Trinajstić information content (AvgIpc) is 1.36. The van der Waals surface area contributed by atoms with Gasteiger partial charge in [0.25, 0.3) is 0 Å². The topological polar surface area (TPSA) is 32.8 Å². The fourth-order valence-corrected chi connectivity index (χ4v) is 27.8. The van der Waals surface area contributed by atoms with Crippen LogP contribution in [0.3, 0.4) is 0 Å². The number of hydrogen-bond donors (Lipinski definition) is 0. The Morgan fingerprint density at radius 3 is 0.817 bits per heavy atom. The molecule has 2 spiro atoms. The predicted octanol–water partition coefficient (Wildman–Crippen LogP) is 18.5. The molecule has 82 heavy (non-hydrogen) atoms. The molecule has 4 nitrogen and oxygen atoms in total. The number of likely N-dealkylation sites (N-methyl/N-ethyl adjacent to an activating group) is 2. The van der Waals surface area contributed by atoms with Crippen molar-refractivity contribution in [2.45, 2.75) is 35.5 Å². The van der Waals surface area contributed by atoms with Crippen molar-refractivity contribution in [1.82, 2.24) is 9.80 Å². The molecule has 34 rings (SSSR count). The van der Waals surface area contributed by atoms with E-state index in [9.17, 15) is 4.79 Å². The largest absolute Gasteiger partial charge is 0.464 e. The van der Waals surface area contributed by atoms with Gasteiger partial charge in [0.15, 0.2) is 0 Å². The zero-order chi connectivity index (χ0) is 50.5. The third-order valence-corrected chi connectivity index (χ3v) is 28.4. The molecule has 0 heterocycles. The van der Waals surface area contributed by atoms with E-state index in [4.69, 9.17) is 4.74 Å². The van der Waals surface area contributed by atoms with Crippen molar-refractivity contribution in [3.63, 3.8) is 0 Å². The van der Waals surface area contributed by atoms with Crippen molar-refractivity contribution in [3.8, 4) is 0 Å². The van der Waals surface area contributed by atoms with Crippen molar-refractivity contribution in [2.75, 3.05) is 47.4 Å². The van der Waals surface area contributed by atoms with E-state index in [1.807, 2.05) is 0 Å². The van der Waals surface area contributed by atoms with Gasteiger partial charge in [0, 0.05) is 42.3 Å². The molecular formula is C78H28N2O2.